The molecule has 24 heavy (non-hydrogen) atoms. The SMILES string of the molecule is CC(=O)c1ccc(N2CCc3c(sc(N)c3C#N)C2)c([N+](=O)[O-])c1. The van der Waals surface area contributed by atoms with E-state index < -0.39 is 4.92 Å². The van der Waals surface area contributed by atoms with Crippen molar-refractivity contribution in [2.24, 2.45) is 0 Å². The molecule has 0 saturated heterocycles. The van der Waals surface area contributed by atoms with E-state index >= 15 is 0 Å². The van der Waals surface area contributed by atoms with Gasteiger partial charge in [-0.25, -0.2) is 0 Å². The van der Waals surface area contributed by atoms with Gasteiger partial charge < -0.3 is 10.6 Å². The summed E-state index contributed by atoms with van der Waals surface area (Å²) in [6.45, 7) is 2.40. The minimum atomic E-state index is -0.471. The van der Waals surface area contributed by atoms with Crippen LogP contribution in [0.1, 0.15) is 33.3 Å². The number of nitrogens with zero attached hydrogens (tertiary/aromatic N) is 3. The zero-order valence-electron chi connectivity index (χ0n) is 12.9. The Hall–Kier alpha value is -2.92. The van der Waals surface area contributed by atoms with Crippen molar-refractivity contribution in [3.05, 3.63) is 49.9 Å². The molecule has 0 aliphatic carbocycles. The van der Waals surface area contributed by atoms with Gasteiger partial charge in [-0.15, -0.1) is 11.3 Å². The van der Waals surface area contributed by atoms with Gasteiger partial charge in [0.05, 0.1) is 17.0 Å². The van der Waals surface area contributed by atoms with Gasteiger partial charge in [0.1, 0.15) is 16.8 Å². The van der Waals surface area contributed by atoms with Gasteiger partial charge in [-0.1, -0.05) is 0 Å². The van der Waals surface area contributed by atoms with E-state index in [1.807, 2.05) is 4.90 Å². The molecular weight excluding hydrogens is 328 g/mol. The second kappa shape index (κ2) is 5.94. The van der Waals surface area contributed by atoms with Crippen LogP contribution in [-0.2, 0) is 13.0 Å². The molecule has 0 saturated carbocycles. The van der Waals surface area contributed by atoms with Crippen molar-refractivity contribution in [2.45, 2.75) is 19.9 Å². The molecule has 3 rings (SSSR count). The number of ketones is 1. The van der Waals surface area contributed by atoms with Gasteiger partial charge >= 0.3 is 0 Å². The van der Waals surface area contributed by atoms with Gasteiger partial charge in [0, 0.05) is 23.1 Å². The van der Waals surface area contributed by atoms with Gasteiger partial charge in [-0.2, -0.15) is 5.26 Å². The number of nitrogen functional groups attached to an aromatic ring is 1. The molecule has 0 fully saturated rings. The average molecular weight is 342 g/mol. The fraction of sp³-hybridized carbons (Fsp3) is 0.250. The van der Waals surface area contributed by atoms with Crippen molar-refractivity contribution in [1.82, 2.24) is 0 Å². The van der Waals surface area contributed by atoms with E-state index in [2.05, 4.69) is 6.07 Å². The highest BCUT2D eigenvalue weighted by molar-refractivity contribution is 7.16. The van der Waals surface area contributed by atoms with Crippen molar-refractivity contribution < 1.29 is 9.72 Å². The number of carbonyl (C=O) groups is 1. The number of hydrogen-bond donors (Lipinski definition) is 1. The lowest BCUT2D eigenvalue weighted by Gasteiger charge is -2.28. The largest absolute Gasteiger partial charge is 0.389 e. The summed E-state index contributed by atoms with van der Waals surface area (Å²) in [6.07, 6.45) is 0.609. The number of nitro groups is 1. The number of carbonyl (C=O) groups excluding carboxylic acids is 1. The Morgan fingerprint density at radius 2 is 2.25 bits per heavy atom. The maximum Gasteiger partial charge on any atom is 0.293 e. The first-order chi connectivity index (χ1) is 11.4. The standard InChI is InChI=1S/C16H14N4O3S/c1-9(21)10-2-3-13(14(6-10)20(22)23)19-5-4-11-12(7-17)16(18)24-15(11)8-19/h2-3,6H,4-5,8,18H2,1H3. The number of nitrogens with two attached hydrogens (primary N) is 1. The third-order valence-electron chi connectivity index (χ3n) is 4.12. The number of benzene rings is 1. The smallest absolute Gasteiger partial charge is 0.293 e. The normalized spacial score (nSPS) is 13.2. The molecule has 2 aromatic rings. The maximum atomic E-state index is 11.5. The Morgan fingerprint density at radius 1 is 1.50 bits per heavy atom. The van der Waals surface area contributed by atoms with Crippen LogP contribution >= 0.6 is 11.3 Å². The lowest BCUT2D eigenvalue weighted by atomic mass is 10.0. The average Bonchev–Trinajstić information content (AvgIpc) is 2.88. The summed E-state index contributed by atoms with van der Waals surface area (Å²) in [4.78, 5) is 25.2. The fourth-order valence-electron chi connectivity index (χ4n) is 2.91. The Balaban J connectivity index is 2.00. The molecule has 0 unspecified atom stereocenters. The van der Waals surface area contributed by atoms with Crippen molar-refractivity contribution in [2.75, 3.05) is 17.2 Å². The summed E-state index contributed by atoms with van der Waals surface area (Å²) in [5.41, 5.74) is 8.05. The number of hydrogen-bond acceptors (Lipinski definition) is 7. The molecule has 2 heterocycles. The topological polar surface area (TPSA) is 113 Å². The number of rotatable bonds is 3. The molecule has 1 aliphatic heterocycles. The van der Waals surface area contributed by atoms with Gasteiger partial charge in [-0.3, -0.25) is 14.9 Å². The molecule has 1 aromatic carbocycles. The third kappa shape index (κ3) is 2.59. The maximum absolute atomic E-state index is 11.5. The number of anilines is 2. The molecule has 0 atom stereocenters. The Kier molecular flexibility index (Phi) is 3.95. The zero-order valence-corrected chi connectivity index (χ0v) is 13.7. The number of fused-ring (bicyclic) bond motifs is 1. The van der Waals surface area contributed by atoms with Gasteiger partial charge in [0.25, 0.3) is 5.69 Å². The lowest BCUT2D eigenvalue weighted by molar-refractivity contribution is -0.384. The van der Waals surface area contributed by atoms with E-state index in [0.29, 0.717) is 41.3 Å². The molecule has 8 heteroatoms. The Morgan fingerprint density at radius 3 is 2.88 bits per heavy atom. The summed E-state index contributed by atoms with van der Waals surface area (Å²) in [6, 6.07) is 6.66. The molecule has 0 amide bonds. The summed E-state index contributed by atoms with van der Waals surface area (Å²) in [7, 11) is 0. The summed E-state index contributed by atoms with van der Waals surface area (Å²) in [5, 5.41) is 21.1. The Labute approximate surface area is 142 Å². The van der Waals surface area contributed by atoms with Crippen LogP contribution in [0.15, 0.2) is 18.2 Å². The van der Waals surface area contributed by atoms with Gasteiger partial charge in [0.15, 0.2) is 5.78 Å². The van der Waals surface area contributed by atoms with Crippen LogP contribution < -0.4 is 10.6 Å². The third-order valence-corrected chi connectivity index (χ3v) is 5.16. The molecule has 7 nitrogen and oxygen atoms in total. The van der Waals surface area contributed by atoms with E-state index in [-0.39, 0.29) is 11.5 Å². The minimum Gasteiger partial charge on any atom is -0.389 e. The quantitative estimate of drug-likeness (QED) is 0.521. The molecule has 122 valence electrons. The first-order valence-electron chi connectivity index (χ1n) is 7.26. The van der Waals surface area contributed by atoms with Crippen LogP contribution in [0.4, 0.5) is 16.4 Å². The van der Waals surface area contributed by atoms with Crippen LogP contribution in [0.2, 0.25) is 0 Å². The van der Waals surface area contributed by atoms with E-state index in [1.165, 1.54) is 24.3 Å². The first kappa shape index (κ1) is 16.0. The van der Waals surface area contributed by atoms with E-state index in [1.54, 1.807) is 12.1 Å². The van der Waals surface area contributed by atoms with Crippen molar-refractivity contribution in [3.63, 3.8) is 0 Å². The molecule has 0 radical (unpaired) electrons. The number of nitro benzene ring substituents is 1. The zero-order chi connectivity index (χ0) is 17.4. The van der Waals surface area contributed by atoms with E-state index in [9.17, 15) is 20.2 Å². The number of Topliss-reactive ketones (excluding diaryl/α,β-unsaturated/α-hetero) is 1. The van der Waals surface area contributed by atoms with Gasteiger partial charge in [0.2, 0.25) is 0 Å². The highest BCUT2D eigenvalue weighted by Crippen LogP contribution is 2.38. The number of nitriles is 1. The first-order valence-corrected chi connectivity index (χ1v) is 8.08. The van der Waals surface area contributed by atoms with Crippen LogP contribution in [0.25, 0.3) is 0 Å². The second-order valence-corrected chi connectivity index (χ2v) is 6.68. The van der Waals surface area contributed by atoms with Crippen LogP contribution in [-0.4, -0.2) is 17.3 Å². The van der Waals surface area contributed by atoms with E-state index in [4.69, 9.17) is 5.73 Å². The van der Waals surface area contributed by atoms with Crippen molar-refractivity contribution in [3.8, 4) is 6.07 Å². The van der Waals surface area contributed by atoms with Crippen molar-refractivity contribution in [1.29, 1.82) is 5.26 Å². The second-order valence-electron chi connectivity index (χ2n) is 5.54. The molecule has 0 bridgehead atoms. The summed E-state index contributed by atoms with van der Waals surface area (Å²) in [5.74, 6) is -0.213. The molecule has 0 spiro atoms. The summed E-state index contributed by atoms with van der Waals surface area (Å²) >= 11 is 1.35. The van der Waals surface area contributed by atoms with Crippen LogP contribution in [0.3, 0.4) is 0 Å². The van der Waals surface area contributed by atoms with Crippen LogP contribution in [0.5, 0.6) is 0 Å². The predicted molar refractivity (Wildman–Crippen MR) is 91.3 cm³/mol. The molecule has 1 aliphatic rings. The van der Waals surface area contributed by atoms with E-state index in [0.717, 1.165) is 10.4 Å². The predicted octanol–water partition coefficient (Wildman–Crippen LogP) is 2.88. The highest BCUT2D eigenvalue weighted by atomic mass is 32.1. The highest BCUT2D eigenvalue weighted by Gasteiger charge is 2.27. The molecular formula is C16H14N4O3S. The minimum absolute atomic E-state index is 0.0869. The lowest BCUT2D eigenvalue weighted by Crippen LogP contribution is -2.30. The monoisotopic (exact) mass is 342 g/mol. The Bertz CT molecular complexity index is 897. The fourth-order valence-corrected chi connectivity index (χ4v) is 3.99. The summed E-state index contributed by atoms with van der Waals surface area (Å²) < 4.78 is 0. The number of thiophene rings is 1. The molecule has 1 aromatic heterocycles. The van der Waals surface area contributed by atoms with Crippen molar-refractivity contribution >= 4 is 33.5 Å². The van der Waals surface area contributed by atoms with Crippen LogP contribution in [0, 0.1) is 21.4 Å². The van der Waals surface area contributed by atoms with Gasteiger partial charge in [-0.05, 0) is 31.0 Å². The molecule has 2 N–H and O–H groups in total.